The molecular weight excluding hydrogens is 472 g/mol. The molecule has 0 saturated heterocycles. The number of ether oxygens (including phenoxy) is 1. The van der Waals surface area contributed by atoms with Crippen LogP contribution >= 0.6 is 0 Å². The summed E-state index contributed by atoms with van der Waals surface area (Å²) < 4.78 is 4.80. The van der Waals surface area contributed by atoms with Crippen LogP contribution in [0.15, 0.2) is 59.9 Å². The van der Waals surface area contributed by atoms with Gasteiger partial charge in [-0.15, -0.1) is 4.91 Å². The van der Waals surface area contributed by atoms with Crippen molar-refractivity contribution in [1.82, 2.24) is 15.3 Å². The molecular formula is C27H32N6O4. The van der Waals surface area contributed by atoms with E-state index in [0.29, 0.717) is 48.9 Å². The van der Waals surface area contributed by atoms with Crippen molar-refractivity contribution in [1.29, 1.82) is 0 Å². The van der Waals surface area contributed by atoms with Gasteiger partial charge in [-0.05, 0) is 60.5 Å². The number of phenols is 1. The summed E-state index contributed by atoms with van der Waals surface area (Å²) in [5, 5.41) is 22.9. The minimum atomic E-state index is -0.329. The molecule has 1 fully saturated rings. The van der Waals surface area contributed by atoms with Crippen molar-refractivity contribution < 1.29 is 14.6 Å². The lowest BCUT2D eigenvalue weighted by Crippen LogP contribution is -2.34. The summed E-state index contributed by atoms with van der Waals surface area (Å²) in [5.41, 5.74) is 2.50. The highest BCUT2D eigenvalue weighted by Gasteiger charge is 2.21. The van der Waals surface area contributed by atoms with Crippen LogP contribution in [0.25, 0.3) is 0 Å². The Morgan fingerprint density at radius 3 is 2.65 bits per heavy atom. The number of carbonyl (C=O) groups is 1. The van der Waals surface area contributed by atoms with Crippen molar-refractivity contribution in [3.63, 3.8) is 0 Å². The molecule has 10 nitrogen and oxygen atoms in total. The Morgan fingerprint density at radius 1 is 1.08 bits per heavy atom. The number of aromatic nitrogens is 2. The van der Waals surface area contributed by atoms with Crippen molar-refractivity contribution in [3.8, 4) is 5.75 Å². The van der Waals surface area contributed by atoms with E-state index < -0.39 is 0 Å². The molecule has 37 heavy (non-hydrogen) atoms. The lowest BCUT2D eigenvalue weighted by Gasteiger charge is -2.29. The average molecular weight is 505 g/mol. The van der Waals surface area contributed by atoms with Gasteiger partial charge in [0.2, 0.25) is 5.95 Å². The smallest absolute Gasteiger partial charge is 0.337 e. The maximum absolute atomic E-state index is 11.7. The van der Waals surface area contributed by atoms with Crippen LogP contribution < -0.4 is 16.0 Å². The van der Waals surface area contributed by atoms with E-state index in [-0.39, 0.29) is 17.4 Å². The Bertz CT molecular complexity index is 1210. The first-order valence-electron chi connectivity index (χ1n) is 12.4. The van der Waals surface area contributed by atoms with Crippen LogP contribution in [0.5, 0.6) is 5.75 Å². The number of benzene rings is 2. The molecule has 3 aromatic rings. The van der Waals surface area contributed by atoms with Gasteiger partial charge in [0.05, 0.1) is 18.9 Å². The Kier molecular flexibility index (Phi) is 8.98. The maximum Gasteiger partial charge on any atom is 0.337 e. The van der Waals surface area contributed by atoms with Gasteiger partial charge >= 0.3 is 5.97 Å². The molecule has 1 saturated carbocycles. The molecule has 0 unspecified atom stereocenters. The monoisotopic (exact) mass is 504 g/mol. The molecule has 0 spiro atoms. The summed E-state index contributed by atoms with van der Waals surface area (Å²) >= 11 is 0. The molecule has 0 amide bonds. The normalized spacial score (nSPS) is 17.1. The first kappa shape index (κ1) is 26.0. The number of anilines is 2. The van der Waals surface area contributed by atoms with Gasteiger partial charge in [-0.2, -0.15) is 4.98 Å². The quantitative estimate of drug-likeness (QED) is 0.215. The fraction of sp³-hybridized carbons (Fsp3) is 0.370. The van der Waals surface area contributed by atoms with Gasteiger partial charge in [-0.3, -0.25) is 0 Å². The molecule has 1 aliphatic rings. The molecule has 1 heterocycles. The molecule has 0 bridgehead atoms. The number of hydrogen-bond donors (Lipinski definition) is 4. The van der Waals surface area contributed by atoms with Crippen molar-refractivity contribution in [3.05, 3.63) is 76.3 Å². The summed E-state index contributed by atoms with van der Waals surface area (Å²) in [6, 6.07) is 14.9. The third kappa shape index (κ3) is 7.23. The Labute approximate surface area is 215 Å². The van der Waals surface area contributed by atoms with Crippen molar-refractivity contribution in [2.45, 2.75) is 44.8 Å². The van der Waals surface area contributed by atoms with Gasteiger partial charge in [0.15, 0.2) is 11.5 Å². The first-order chi connectivity index (χ1) is 18.1. The minimum absolute atomic E-state index is 0.164. The minimum Gasteiger partial charge on any atom is -0.508 e. The molecule has 2 aromatic carbocycles. The molecule has 1 aromatic heterocycles. The SMILES string of the molecule is COC(=O)c1cccc(CNC2CCC(CNc3nc(NCc4ccccc4O)ncc3N=O)CC2)c1. The predicted octanol–water partition coefficient (Wildman–Crippen LogP) is 4.74. The number of hydrogen-bond acceptors (Lipinski definition) is 10. The van der Waals surface area contributed by atoms with Crippen LogP contribution in [0, 0.1) is 10.8 Å². The van der Waals surface area contributed by atoms with Crippen LogP contribution in [0.1, 0.15) is 47.2 Å². The summed E-state index contributed by atoms with van der Waals surface area (Å²) in [4.78, 5) is 31.6. The van der Waals surface area contributed by atoms with Crippen LogP contribution in [-0.4, -0.2) is 40.7 Å². The molecule has 0 atom stereocenters. The maximum atomic E-state index is 11.7. The van der Waals surface area contributed by atoms with Crippen molar-refractivity contribution >= 4 is 23.4 Å². The second-order valence-corrected chi connectivity index (χ2v) is 9.17. The van der Waals surface area contributed by atoms with Crippen molar-refractivity contribution in [2.24, 2.45) is 11.1 Å². The van der Waals surface area contributed by atoms with Crippen LogP contribution in [0.3, 0.4) is 0 Å². The fourth-order valence-corrected chi connectivity index (χ4v) is 4.49. The predicted molar refractivity (Wildman–Crippen MR) is 142 cm³/mol. The number of nitrogens with zero attached hydrogens (tertiary/aromatic N) is 3. The average Bonchev–Trinajstić information content (AvgIpc) is 2.95. The van der Waals surface area contributed by atoms with Gasteiger partial charge in [0.1, 0.15) is 5.75 Å². The third-order valence-electron chi connectivity index (χ3n) is 6.64. The van der Waals surface area contributed by atoms with Crippen LogP contribution in [-0.2, 0) is 17.8 Å². The number of esters is 1. The van der Waals surface area contributed by atoms with E-state index in [9.17, 15) is 14.8 Å². The van der Waals surface area contributed by atoms with E-state index in [1.807, 2.05) is 30.3 Å². The summed E-state index contributed by atoms with van der Waals surface area (Å²) in [7, 11) is 1.38. The van der Waals surface area contributed by atoms with Gasteiger partial charge in [0.25, 0.3) is 0 Å². The van der Waals surface area contributed by atoms with Gasteiger partial charge in [-0.1, -0.05) is 30.3 Å². The van der Waals surface area contributed by atoms with Crippen molar-refractivity contribution in [2.75, 3.05) is 24.3 Å². The second kappa shape index (κ2) is 12.8. The number of aromatic hydroxyl groups is 1. The summed E-state index contributed by atoms with van der Waals surface area (Å²) in [5.74, 6) is 1.06. The molecule has 4 rings (SSSR count). The van der Waals surface area contributed by atoms with E-state index in [1.165, 1.54) is 13.3 Å². The zero-order chi connectivity index (χ0) is 26.0. The fourth-order valence-electron chi connectivity index (χ4n) is 4.49. The van der Waals surface area contributed by atoms with Crippen LogP contribution in [0.2, 0.25) is 0 Å². The topological polar surface area (TPSA) is 138 Å². The molecule has 4 N–H and O–H groups in total. The van der Waals surface area contributed by atoms with Gasteiger partial charge in [-0.25, -0.2) is 9.78 Å². The number of phenolic OH excluding ortho intramolecular Hbond substituents is 1. The second-order valence-electron chi connectivity index (χ2n) is 9.17. The number of methoxy groups -OCH3 is 1. The van der Waals surface area contributed by atoms with E-state index in [2.05, 4.69) is 31.1 Å². The summed E-state index contributed by atoms with van der Waals surface area (Å²) in [6.07, 6.45) is 5.56. The highest BCUT2D eigenvalue weighted by Crippen LogP contribution is 2.28. The number of carbonyl (C=O) groups excluding carboxylic acids is 1. The van der Waals surface area contributed by atoms with Crippen LogP contribution in [0.4, 0.5) is 17.5 Å². The van der Waals surface area contributed by atoms with E-state index in [0.717, 1.165) is 36.8 Å². The third-order valence-corrected chi connectivity index (χ3v) is 6.64. The molecule has 0 aliphatic heterocycles. The van der Waals surface area contributed by atoms with Gasteiger partial charge < -0.3 is 25.8 Å². The molecule has 10 heteroatoms. The number of para-hydroxylation sites is 1. The first-order valence-corrected chi connectivity index (χ1v) is 12.4. The highest BCUT2D eigenvalue weighted by molar-refractivity contribution is 5.89. The molecule has 1 aliphatic carbocycles. The lowest BCUT2D eigenvalue weighted by atomic mass is 9.86. The van der Waals surface area contributed by atoms with E-state index in [1.54, 1.807) is 18.2 Å². The van der Waals surface area contributed by atoms with E-state index >= 15 is 0 Å². The largest absolute Gasteiger partial charge is 0.508 e. The molecule has 194 valence electrons. The Morgan fingerprint density at radius 2 is 1.89 bits per heavy atom. The zero-order valence-electron chi connectivity index (χ0n) is 20.8. The standard InChI is InChI=1S/C27H32N6O4/c1-37-26(35)20-7-4-5-19(13-20)15-28-22-11-9-18(10-12-22)14-29-25-23(33-36)17-31-27(32-25)30-16-21-6-2-3-8-24(21)34/h2-8,13,17-18,22,28,34H,9-12,14-16H2,1H3,(H2,29,30,31,32). The van der Waals surface area contributed by atoms with Gasteiger partial charge in [0, 0.05) is 31.2 Å². The number of nitrogens with one attached hydrogen (secondary N) is 3. The number of rotatable bonds is 11. The lowest BCUT2D eigenvalue weighted by molar-refractivity contribution is 0.0600. The van der Waals surface area contributed by atoms with E-state index in [4.69, 9.17) is 4.74 Å². The Hall–Kier alpha value is -4.05. The highest BCUT2D eigenvalue weighted by atomic mass is 16.5. The Balaban J connectivity index is 1.24. The molecule has 0 radical (unpaired) electrons. The summed E-state index contributed by atoms with van der Waals surface area (Å²) in [6.45, 7) is 1.74. The zero-order valence-corrected chi connectivity index (χ0v) is 20.8. The number of nitroso groups, excluding NO2 is 1.